The highest BCUT2D eigenvalue weighted by Crippen LogP contribution is 2.40. The van der Waals surface area contributed by atoms with Crippen molar-refractivity contribution in [2.75, 3.05) is 6.54 Å². The van der Waals surface area contributed by atoms with E-state index >= 15 is 0 Å². The Morgan fingerprint density at radius 2 is 1.90 bits per heavy atom. The summed E-state index contributed by atoms with van der Waals surface area (Å²) in [5, 5.41) is 11.1. The van der Waals surface area contributed by atoms with Gasteiger partial charge in [-0.1, -0.05) is 28.4 Å². The third-order valence-electron chi connectivity index (χ3n) is 5.97. The number of amides is 2. The number of oxime groups is 1. The van der Waals surface area contributed by atoms with E-state index in [0.29, 0.717) is 34.3 Å². The zero-order chi connectivity index (χ0) is 21.5. The molecule has 1 saturated heterocycles. The highest BCUT2D eigenvalue weighted by Gasteiger charge is 2.33. The highest BCUT2D eigenvalue weighted by atomic mass is 35.5. The second kappa shape index (κ2) is 8.45. The molecule has 2 aromatic rings. The van der Waals surface area contributed by atoms with E-state index in [2.05, 4.69) is 15.8 Å². The van der Waals surface area contributed by atoms with Gasteiger partial charge in [-0.25, -0.2) is 0 Å². The smallest absolute Gasteiger partial charge is 0.262 e. The molecular weight excluding hydrogens is 457 g/mol. The summed E-state index contributed by atoms with van der Waals surface area (Å²) in [6.07, 6.45) is 4.89. The Morgan fingerprint density at radius 1 is 1.16 bits per heavy atom. The molecule has 0 spiro atoms. The van der Waals surface area contributed by atoms with Crippen LogP contribution in [0.1, 0.15) is 63.0 Å². The van der Waals surface area contributed by atoms with E-state index in [-0.39, 0.29) is 17.9 Å². The molecule has 1 aromatic heterocycles. The van der Waals surface area contributed by atoms with Crippen molar-refractivity contribution in [1.82, 2.24) is 10.6 Å². The van der Waals surface area contributed by atoms with Crippen molar-refractivity contribution in [3.8, 4) is 0 Å². The van der Waals surface area contributed by atoms with Crippen LogP contribution in [-0.2, 0) is 22.5 Å². The Hall–Kier alpha value is -2.09. The number of carbonyl (C=O) groups excluding carboxylic acids is 2. The Morgan fingerprint density at radius 3 is 2.61 bits per heavy atom. The first-order valence-electron chi connectivity index (χ1n) is 10.4. The summed E-state index contributed by atoms with van der Waals surface area (Å²) in [4.78, 5) is 32.3. The summed E-state index contributed by atoms with van der Waals surface area (Å²) in [5.74, 6) is -0.287. The maximum atomic E-state index is 13.0. The van der Waals surface area contributed by atoms with Crippen LogP contribution in [0.5, 0.6) is 0 Å². The predicted octanol–water partition coefficient (Wildman–Crippen LogP) is 4.42. The second-order valence-electron chi connectivity index (χ2n) is 8.07. The molecule has 2 amide bonds. The molecule has 2 unspecified atom stereocenters. The van der Waals surface area contributed by atoms with Crippen molar-refractivity contribution < 1.29 is 14.4 Å². The standard InChI is InChI=1S/C22H21Cl2N3O3S/c23-12-7-11(8-13(24)9-12)18-10-17(27-30-18)19-14-3-1-2-4-15(14)20(31-19)22(29)26-16-5-6-25-21(16)28/h7-9,16,18H,1-6,10H2,(H,25,28)(H,26,29). The van der Waals surface area contributed by atoms with Crippen LogP contribution in [0.25, 0.3) is 0 Å². The molecule has 1 aromatic carbocycles. The summed E-state index contributed by atoms with van der Waals surface area (Å²) in [5.41, 5.74) is 4.03. The number of nitrogens with zero attached hydrogens (tertiary/aromatic N) is 1. The average molecular weight is 478 g/mol. The van der Waals surface area contributed by atoms with E-state index < -0.39 is 6.04 Å². The van der Waals surface area contributed by atoms with Crippen molar-refractivity contribution in [3.05, 3.63) is 54.7 Å². The zero-order valence-corrected chi connectivity index (χ0v) is 19.0. The van der Waals surface area contributed by atoms with Crippen molar-refractivity contribution in [2.24, 2.45) is 5.16 Å². The summed E-state index contributed by atoms with van der Waals surface area (Å²) < 4.78 is 0. The number of benzene rings is 1. The molecule has 3 aliphatic rings. The number of carbonyl (C=O) groups is 2. The Labute approximate surface area is 193 Å². The third-order valence-corrected chi connectivity index (χ3v) is 7.73. The molecule has 2 aliphatic heterocycles. The molecule has 9 heteroatoms. The van der Waals surface area contributed by atoms with Crippen LogP contribution in [0, 0.1) is 0 Å². The Kier molecular flexibility index (Phi) is 5.67. The number of hydrogen-bond acceptors (Lipinski definition) is 5. The molecule has 2 N–H and O–H groups in total. The van der Waals surface area contributed by atoms with E-state index in [1.807, 2.05) is 12.1 Å². The lowest BCUT2D eigenvalue weighted by molar-refractivity contribution is -0.120. The van der Waals surface area contributed by atoms with Crippen molar-refractivity contribution in [3.63, 3.8) is 0 Å². The van der Waals surface area contributed by atoms with Crippen molar-refractivity contribution >= 4 is 52.1 Å². The lowest BCUT2D eigenvalue weighted by atomic mass is 9.90. The minimum absolute atomic E-state index is 0.115. The molecule has 5 rings (SSSR count). The monoisotopic (exact) mass is 477 g/mol. The topological polar surface area (TPSA) is 79.8 Å². The Bertz CT molecular complexity index is 1080. The van der Waals surface area contributed by atoms with Gasteiger partial charge in [-0.05, 0) is 67.0 Å². The highest BCUT2D eigenvalue weighted by molar-refractivity contribution is 7.16. The Balaban J connectivity index is 1.41. The van der Waals surface area contributed by atoms with Gasteiger partial charge in [0.15, 0.2) is 6.10 Å². The van der Waals surface area contributed by atoms with Gasteiger partial charge in [-0.2, -0.15) is 0 Å². The first kappa shape index (κ1) is 20.8. The fourth-order valence-electron chi connectivity index (χ4n) is 4.46. The molecule has 2 atom stereocenters. The number of hydrogen-bond donors (Lipinski definition) is 2. The van der Waals surface area contributed by atoms with Gasteiger partial charge in [0.05, 0.1) is 9.75 Å². The van der Waals surface area contributed by atoms with Gasteiger partial charge in [0.25, 0.3) is 5.91 Å². The minimum Gasteiger partial charge on any atom is -0.387 e. The van der Waals surface area contributed by atoms with Gasteiger partial charge in [0.1, 0.15) is 11.8 Å². The number of halogens is 2. The van der Waals surface area contributed by atoms with Crippen LogP contribution >= 0.6 is 34.5 Å². The molecular formula is C22H21Cl2N3O3S. The molecule has 6 nitrogen and oxygen atoms in total. The molecule has 0 bridgehead atoms. The number of nitrogens with one attached hydrogen (secondary N) is 2. The van der Waals surface area contributed by atoms with Gasteiger partial charge < -0.3 is 15.5 Å². The minimum atomic E-state index is -0.457. The number of rotatable bonds is 4. The van der Waals surface area contributed by atoms with Crippen LogP contribution < -0.4 is 10.6 Å². The van der Waals surface area contributed by atoms with Crippen LogP contribution in [0.2, 0.25) is 10.0 Å². The van der Waals surface area contributed by atoms with Gasteiger partial charge >= 0.3 is 0 Å². The number of thiophene rings is 1. The molecule has 1 aliphatic carbocycles. The van der Waals surface area contributed by atoms with Gasteiger partial charge in [0.2, 0.25) is 5.91 Å². The van der Waals surface area contributed by atoms with Gasteiger partial charge in [-0.15, -0.1) is 11.3 Å². The second-order valence-corrected chi connectivity index (χ2v) is 9.96. The van der Waals surface area contributed by atoms with E-state index in [1.165, 1.54) is 16.9 Å². The fourth-order valence-corrected chi connectivity index (χ4v) is 6.29. The van der Waals surface area contributed by atoms with E-state index in [0.717, 1.165) is 47.4 Å². The summed E-state index contributed by atoms with van der Waals surface area (Å²) in [7, 11) is 0. The first-order valence-corrected chi connectivity index (χ1v) is 12.0. The maximum Gasteiger partial charge on any atom is 0.262 e. The van der Waals surface area contributed by atoms with E-state index in [4.69, 9.17) is 28.0 Å². The largest absolute Gasteiger partial charge is 0.387 e. The van der Waals surface area contributed by atoms with Crippen molar-refractivity contribution in [2.45, 2.75) is 50.7 Å². The van der Waals surface area contributed by atoms with Crippen LogP contribution in [0.3, 0.4) is 0 Å². The predicted molar refractivity (Wildman–Crippen MR) is 121 cm³/mol. The lowest BCUT2D eigenvalue weighted by Gasteiger charge is -2.15. The normalized spacial score (nSPS) is 22.5. The zero-order valence-electron chi connectivity index (χ0n) is 16.7. The van der Waals surface area contributed by atoms with Crippen LogP contribution in [0.15, 0.2) is 23.4 Å². The summed E-state index contributed by atoms with van der Waals surface area (Å²) in [6.45, 7) is 0.598. The molecule has 31 heavy (non-hydrogen) atoms. The van der Waals surface area contributed by atoms with Gasteiger partial charge in [0, 0.05) is 23.0 Å². The first-order chi connectivity index (χ1) is 15.0. The van der Waals surface area contributed by atoms with Crippen LogP contribution in [-0.4, -0.2) is 30.1 Å². The molecule has 0 saturated carbocycles. The van der Waals surface area contributed by atoms with E-state index in [9.17, 15) is 9.59 Å². The third kappa shape index (κ3) is 4.06. The number of fused-ring (bicyclic) bond motifs is 1. The van der Waals surface area contributed by atoms with Crippen molar-refractivity contribution in [1.29, 1.82) is 0 Å². The van der Waals surface area contributed by atoms with E-state index in [1.54, 1.807) is 6.07 Å². The average Bonchev–Trinajstić information content (AvgIpc) is 3.46. The lowest BCUT2D eigenvalue weighted by Crippen LogP contribution is -2.40. The summed E-state index contributed by atoms with van der Waals surface area (Å²) in [6, 6.07) is 4.91. The van der Waals surface area contributed by atoms with Gasteiger partial charge in [-0.3, -0.25) is 9.59 Å². The molecule has 1 fully saturated rings. The molecule has 162 valence electrons. The summed E-state index contributed by atoms with van der Waals surface area (Å²) >= 11 is 13.8. The fraction of sp³-hybridized carbons (Fsp3) is 0.409. The molecule has 3 heterocycles. The molecule has 0 radical (unpaired) electrons. The SMILES string of the molecule is O=C(NC1CCNC1=O)c1sc(C2=NOC(c3cc(Cl)cc(Cl)c3)C2)c2c1CCCC2. The van der Waals surface area contributed by atoms with Crippen LogP contribution in [0.4, 0.5) is 0 Å². The maximum absolute atomic E-state index is 13.0. The quantitative estimate of drug-likeness (QED) is 0.683.